The molecule has 2 rings (SSSR count). The summed E-state index contributed by atoms with van der Waals surface area (Å²) in [6.07, 6.45) is 1.96. The summed E-state index contributed by atoms with van der Waals surface area (Å²) in [5.74, 6) is 2.31. The quantitative estimate of drug-likeness (QED) is 0.792. The first-order valence-corrected chi connectivity index (χ1v) is 5.54. The van der Waals surface area contributed by atoms with Crippen LogP contribution in [0.3, 0.4) is 0 Å². The van der Waals surface area contributed by atoms with Gasteiger partial charge in [0.05, 0.1) is 0 Å². The number of nitrogens with zero attached hydrogens (tertiary/aromatic N) is 2. The summed E-state index contributed by atoms with van der Waals surface area (Å²) in [6, 6.07) is 1.59. The highest BCUT2D eigenvalue weighted by Crippen LogP contribution is 2.20. The summed E-state index contributed by atoms with van der Waals surface area (Å²) in [6.45, 7) is 6.25. The standard InChI is InChI=1S/C11H17N3O/c1-3-9-12-10(6-11(15)13-9)14-5-4-8(2)7-14/h6,8H,3-5,7H2,1-2H3,(H,12,13,15). The number of rotatable bonds is 2. The third-order valence-electron chi connectivity index (χ3n) is 2.86. The third kappa shape index (κ3) is 2.19. The monoisotopic (exact) mass is 207 g/mol. The molecule has 0 saturated carbocycles. The summed E-state index contributed by atoms with van der Waals surface area (Å²) in [5, 5.41) is 0. The van der Waals surface area contributed by atoms with Gasteiger partial charge in [0.15, 0.2) is 0 Å². The molecule has 4 heteroatoms. The molecule has 1 saturated heterocycles. The lowest BCUT2D eigenvalue weighted by Gasteiger charge is -2.16. The molecule has 15 heavy (non-hydrogen) atoms. The van der Waals surface area contributed by atoms with Gasteiger partial charge in [0, 0.05) is 25.6 Å². The molecule has 1 unspecified atom stereocenters. The van der Waals surface area contributed by atoms with E-state index in [4.69, 9.17) is 0 Å². The first-order chi connectivity index (χ1) is 7.19. The fraction of sp³-hybridized carbons (Fsp3) is 0.636. The van der Waals surface area contributed by atoms with Crippen molar-refractivity contribution in [3.63, 3.8) is 0 Å². The summed E-state index contributed by atoms with van der Waals surface area (Å²) < 4.78 is 0. The van der Waals surface area contributed by atoms with E-state index in [1.807, 2.05) is 6.92 Å². The van der Waals surface area contributed by atoms with Crippen molar-refractivity contribution in [1.29, 1.82) is 0 Å². The predicted octanol–water partition coefficient (Wildman–Crippen LogP) is 1.18. The maximum Gasteiger partial charge on any atom is 0.252 e. The van der Waals surface area contributed by atoms with E-state index in [-0.39, 0.29) is 5.56 Å². The second-order valence-electron chi connectivity index (χ2n) is 4.24. The van der Waals surface area contributed by atoms with Gasteiger partial charge in [-0.1, -0.05) is 13.8 Å². The fourth-order valence-corrected chi connectivity index (χ4v) is 1.97. The molecule has 1 aromatic heterocycles. The van der Waals surface area contributed by atoms with Crippen LogP contribution in [0.2, 0.25) is 0 Å². The lowest BCUT2D eigenvalue weighted by Crippen LogP contribution is -2.23. The normalized spacial score (nSPS) is 20.9. The van der Waals surface area contributed by atoms with Crippen molar-refractivity contribution in [3.05, 3.63) is 22.2 Å². The Morgan fingerprint density at radius 3 is 3.07 bits per heavy atom. The molecule has 0 aliphatic carbocycles. The number of H-pyrrole nitrogens is 1. The van der Waals surface area contributed by atoms with Crippen LogP contribution in [0.5, 0.6) is 0 Å². The van der Waals surface area contributed by atoms with E-state index in [1.54, 1.807) is 6.07 Å². The second-order valence-corrected chi connectivity index (χ2v) is 4.24. The highest BCUT2D eigenvalue weighted by molar-refractivity contribution is 5.38. The molecule has 4 nitrogen and oxygen atoms in total. The Morgan fingerprint density at radius 1 is 1.67 bits per heavy atom. The zero-order valence-corrected chi connectivity index (χ0v) is 9.29. The van der Waals surface area contributed by atoms with Gasteiger partial charge in [-0.2, -0.15) is 0 Å². The molecular formula is C11H17N3O. The number of aromatic nitrogens is 2. The molecular weight excluding hydrogens is 190 g/mol. The van der Waals surface area contributed by atoms with Gasteiger partial charge in [-0.25, -0.2) is 4.98 Å². The molecule has 1 aromatic rings. The predicted molar refractivity (Wildman–Crippen MR) is 60.2 cm³/mol. The molecule has 1 aliphatic heterocycles. The van der Waals surface area contributed by atoms with Crippen molar-refractivity contribution in [3.8, 4) is 0 Å². The number of hydrogen-bond donors (Lipinski definition) is 1. The zero-order chi connectivity index (χ0) is 10.8. The van der Waals surface area contributed by atoms with Crippen LogP contribution < -0.4 is 10.5 Å². The molecule has 0 radical (unpaired) electrons. The number of hydrogen-bond acceptors (Lipinski definition) is 3. The van der Waals surface area contributed by atoms with Crippen LogP contribution in [-0.4, -0.2) is 23.1 Å². The molecule has 82 valence electrons. The van der Waals surface area contributed by atoms with E-state index in [9.17, 15) is 4.79 Å². The van der Waals surface area contributed by atoms with E-state index in [2.05, 4.69) is 21.8 Å². The van der Waals surface area contributed by atoms with Crippen molar-refractivity contribution >= 4 is 5.82 Å². The van der Waals surface area contributed by atoms with Gasteiger partial charge in [-0.05, 0) is 12.3 Å². The number of anilines is 1. The van der Waals surface area contributed by atoms with E-state index in [0.717, 1.165) is 31.2 Å². The Balaban J connectivity index is 2.28. The van der Waals surface area contributed by atoms with Crippen molar-refractivity contribution in [2.75, 3.05) is 18.0 Å². The molecule has 1 fully saturated rings. The lowest BCUT2D eigenvalue weighted by molar-refractivity contribution is 0.658. The van der Waals surface area contributed by atoms with Gasteiger partial charge in [0.2, 0.25) is 0 Å². The fourth-order valence-electron chi connectivity index (χ4n) is 1.97. The Kier molecular flexibility index (Phi) is 2.75. The van der Waals surface area contributed by atoms with Gasteiger partial charge in [0.1, 0.15) is 11.6 Å². The second kappa shape index (κ2) is 4.04. The molecule has 2 heterocycles. The molecule has 0 amide bonds. The van der Waals surface area contributed by atoms with E-state index in [0.29, 0.717) is 5.92 Å². The first-order valence-electron chi connectivity index (χ1n) is 5.54. The minimum atomic E-state index is -0.0450. The Labute approximate surface area is 89.3 Å². The maximum absolute atomic E-state index is 11.4. The smallest absolute Gasteiger partial charge is 0.252 e. The van der Waals surface area contributed by atoms with Crippen LogP contribution in [0.4, 0.5) is 5.82 Å². The maximum atomic E-state index is 11.4. The van der Waals surface area contributed by atoms with Gasteiger partial charge in [-0.15, -0.1) is 0 Å². The Bertz CT molecular complexity index is 399. The molecule has 1 atom stereocenters. The Morgan fingerprint density at radius 2 is 2.47 bits per heavy atom. The lowest BCUT2D eigenvalue weighted by atomic mass is 10.2. The molecule has 1 N–H and O–H groups in total. The van der Waals surface area contributed by atoms with Crippen LogP contribution in [0, 0.1) is 5.92 Å². The molecule has 0 spiro atoms. The first kappa shape index (κ1) is 10.2. The van der Waals surface area contributed by atoms with E-state index < -0.39 is 0 Å². The van der Waals surface area contributed by atoms with Crippen LogP contribution in [0.15, 0.2) is 10.9 Å². The van der Waals surface area contributed by atoms with Gasteiger partial charge in [-0.3, -0.25) is 4.79 Å². The third-order valence-corrected chi connectivity index (χ3v) is 2.86. The van der Waals surface area contributed by atoms with E-state index >= 15 is 0 Å². The van der Waals surface area contributed by atoms with Crippen LogP contribution >= 0.6 is 0 Å². The van der Waals surface area contributed by atoms with Crippen LogP contribution in [0.25, 0.3) is 0 Å². The summed E-state index contributed by atoms with van der Waals surface area (Å²) >= 11 is 0. The minimum Gasteiger partial charge on any atom is -0.356 e. The molecule has 1 aliphatic rings. The van der Waals surface area contributed by atoms with Gasteiger partial charge in [0.25, 0.3) is 5.56 Å². The largest absolute Gasteiger partial charge is 0.356 e. The zero-order valence-electron chi connectivity index (χ0n) is 9.29. The topological polar surface area (TPSA) is 49.0 Å². The molecule has 0 aromatic carbocycles. The number of nitrogens with one attached hydrogen (secondary N) is 1. The van der Waals surface area contributed by atoms with E-state index in [1.165, 1.54) is 6.42 Å². The van der Waals surface area contributed by atoms with Crippen LogP contribution in [0.1, 0.15) is 26.1 Å². The summed E-state index contributed by atoms with van der Waals surface area (Å²) in [5.41, 5.74) is -0.0450. The Hall–Kier alpha value is -1.32. The number of aromatic amines is 1. The average molecular weight is 207 g/mol. The van der Waals surface area contributed by atoms with Gasteiger partial charge < -0.3 is 9.88 Å². The SMILES string of the molecule is CCc1nc(N2CCC(C)C2)cc(=O)[nH]1. The summed E-state index contributed by atoms with van der Waals surface area (Å²) in [7, 11) is 0. The average Bonchev–Trinajstić information content (AvgIpc) is 2.64. The van der Waals surface area contributed by atoms with Crippen molar-refractivity contribution in [1.82, 2.24) is 9.97 Å². The van der Waals surface area contributed by atoms with Gasteiger partial charge >= 0.3 is 0 Å². The van der Waals surface area contributed by atoms with Crippen molar-refractivity contribution in [2.45, 2.75) is 26.7 Å². The highest BCUT2D eigenvalue weighted by atomic mass is 16.1. The minimum absolute atomic E-state index is 0.0450. The summed E-state index contributed by atoms with van der Waals surface area (Å²) in [4.78, 5) is 20.8. The van der Waals surface area contributed by atoms with Crippen molar-refractivity contribution < 1.29 is 0 Å². The highest BCUT2D eigenvalue weighted by Gasteiger charge is 2.20. The van der Waals surface area contributed by atoms with Crippen LogP contribution in [-0.2, 0) is 6.42 Å². The number of aryl methyl sites for hydroxylation is 1. The molecule has 0 bridgehead atoms. The van der Waals surface area contributed by atoms with Crippen molar-refractivity contribution in [2.24, 2.45) is 5.92 Å².